The highest BCUT2D eigenvalue weighted by Crippen LogP contribution is 2.40. The molecule has 1 aromatic heterocycles. The average molecular weight is 217 g/mol. The van der Waals surface area contributed by atoms with Crippen molar-refractivity contribution in [3.8, 4) is 0 Å². The van der Waals surface area contributed by atoms with Gasteiger partial charge in [0.25, 0.3) is 0 Å². The fraction of sp³-hybridized carbons (Fsp3) is 0.500. The second-order valence-corrected chi connectivity index (χ2v) is 3.76. The van der Waals surface area contributed by atoms with E-state index in [0.29, 0.717) is 5.56 Å². The third-order valence-electron chi connectivity index (χ3n) is 2.49. The molecule has 0 aliphatic heterocycles. The first-order valence-corrected chi connectivity index (χ1v) is 4.69. The second-order valence-electron chi connectivity index (χ2n) is 3.76. The molecular formula is C10H10F3NO. The van der Waals surface area contributed by atoms with Crippen molar-refractivity contribution in [2.24, 2.45) is 5.92 Å². The number of hydrogen-bond donors (Lipinski definition) is 1. The second kappa shape index (κ2) is 3.48. The fourth-order valence-corrected chi connectivity index (χ4v) is 1.43. The van der Waals surface area contributed by atoms with Crippen molar-refractivity contribution in [3.05, 3.63) is 29.6 Å². The predicted octanol–water partition coefficient (Wildman–Crippen LogP) is 2.54. The molecule has 1 unspecified atom stereocenters. The largest absolute Gasteiger partial charge is 0.433 e. The topological polar surface area (TPSA) is 33.1 Å². The monoisotopic (exact) mass is 217 g/mol. The number of rotatable bonds is 2. The van der Waals surface area contributed by atoms with E-state index in [-0.39, 0.29) is 5.92 Å². The van der Waals surface area contributed by atoms with E-state index in [0.717, 1.165) is 25.1 Å². The van der Waals surface area contributed by atoms with Crippen LogP contribution in [0.25, 0.3) is 0 Å². The van der Waals surface area contributed by atoms with Gasteiger partial charge in [-0.3, -0.25) is 4.98 Å². The molecule has 0 bridgehead atoms. The maximum absolute atomic E-state index is 12.2. The van der Waals surface area contributed by atoms with Crippen molar-refractivity contribution in [1.29, 1.82) is 0 Å². The van der Waals surface area contributed by atoms with Crippen LogP contribution in [0.4, 0.5) is 13.2 Å². The first kappa shape index (κ1) is 10.4. The normalized spacial score (nSPS) is 18.9. The summed E-state index contributed by atoms with van der Waals surface area (Å²) >= 11 is 0. The van der Waals surface area contributed by atoms with E-state index in [4.69, 9.17) is 0 Å². The molecule has 1 atom stereocenters. The van der Waals surface area contributed by atoms with E-state index in [1.807, 2.05) is 0 Å². The summed E-state index contributed by atoms with van der Waals surface area (Å²) < 4.78 is 36.5. The predicted molar refractivity (Wildman–Crippen MR) is 46.9 cm³/mol. The third-order valence-corrected chi connectivity index (χ3v) is 2.49. The molecular weight excluding hydrogens is 207 g/mol. The Hall–Kier alpha value is -1.10. The highest BCUT2D eigenvalue weighted by Gasteiger charge is 2.34. The SMILES string of the molecule is OC(c1ccc(C(F)(F)F)nc1)C1CC1. The van der Waals surface area contributed by atoms with E-state index in [2.05, 4.69) is 4.98 Å². The van der Waals surface area contributed by atoms with Gasteiger partial charge in [-0.2, -0.15) is 13.2 Å². The molecule has 0 radical (unpaired) electrons. The molecule has 82 valence electrons. The van der Waals surface area contributed by atoms with Gasteiger partial charge in [0.1, 0.15) is 5.69 Å². The molecule has 2 rings (SSSR count). The van der Waals surface area contributed by atoms with Gasteiger partial charge in [0.15, 0.2) is 0 Å². The molecule has 15 heavy (non-hydrogen) atoms. The summed E-state index contributed by atoms with van der Waals surface area (Å²) in [6.45, 7) is 0. The highest BCUT2D eigenvalue weighted by atomic mass is 19.4. The van der Waals surface area contributed by atoms with Crippen molar-refractivity contribution in [2.45, 2.75) is 25.1 Å². The minimum atomic E-state index is -4.41. The van der Waals surface area contributed by atoms with E-state index >= 15 is 0 Å². The van der Waals surface area contributed by atoms with Crippen LogP contribution in [0, 0.1) is 5.92 Å². The quantitative estimate of drug-likeness (QED) is 0.825. The Morgan fingerprint density at radius 2 is 2.00 bits per heavy atom. The molecule has 1 aliphatic rings. The first-order valence-electron chi connectivity index (χ1n) is 4.69. The zero-order valence-electron chi connectivity index (χ0n) is 7.83. The standard InChI is InChI=1S/C10H10F3NO/c11-10(12,13)8-4-3-7(5-14-8)9(15)6-1-2-6/h3-6,9,15H,1-2H2. The van der Waals surface area contributed by atoms with Crippen molar-refractivity contribution < 1.29 is 18.3 Å². The van der Waals surface area contributed by atoms with E-state index in [1.165, 1.54) is 6.07 Å². The maximum atomic E-state index is 12.2. The molecule has 0 aromatic carbocycles. The molecule has 0 spiro atoms. The average Bonchev–Trinajstić information content (AvgIpc) is 2.99. The molecule has 1 aromatic rings. The Labute approximate surface area is 84.8 Å². The summed E-state index contributed by atoms with van der Waals surface area (Å²) in [5.74, 6) is 0.198. The lowest BCUT2D eigenvalue weighted by Gasteiger charge is -2.10. The van der Waals surface area contributed by atoms with Crippen LogP contribution in [-0.4, -0.2) is 10.1 Å². The molecule has 1 N–H and O–H groups in total. The van der Waals surface area contributed by atoms with E-state index < -0.39 is 18.0 Å². The minimum absolute atomic E-state index is 0.198. The van der Waals surface area contributed by atoms with Gasteiger partial charge in [-0.25, -0.2) is 0 Å². The molecule has 0 saturated heterocycles. The van der Waals surface area contributed by atoms with Crippen molar-refractivity contribution in [1.82, 2.24) is 4.98 Å². The number of aromatic nitrogens is 1. The summed E-state index contributed by atoms with van der Waals surface area (Å²) in [4.78, 5) is 3.30. The molecule has 5 heteroatoms. The van der Waals surface area contributed by atoms with Crippen LogP contribution in [0.3, 0.4) is 0 Å². The summed E-state index contributed by atoms with van der Waals surface area (Å²) in [5, 5.41) is 9.63. The summed E-state index contributed by atoms with van der Waals surface area (Å²) in [7, 11) is 0. The van der Waals surface area contributed by atoms with Crippen molar-refractivity contribution in [3.63, 3.8) is 0 Å². The van der Waals surface area contributed by atoms with Gasteiger partial charge in [0.2, 0.25) is 0 Å². The summed E-state index contributed by atoms with van der Waals surface area (Å²) in [6.07, 6.45) is -2.11. The Morgan fingerprint density at radius 1 is 1.33 bits per heavy atom. The van der Waals surface area contributed by atoms with Crippen LogP contribution in [0.2, 0.25) is 0 Å². The first-order chi connectivity index (χ1) is 6.98. The lowest BCUT2D eigenvalue weighted by molar-refractivity contribution is -0.141. The summed E-state index contributed by atoms with van der Waals surface area (Å²) in [5.41, 5.74) is -0.459. The zero-order valence-corrected chi connectivity index (χ0v) is 7.83. The van der Waals surface area contributed by atoms with Gasteiger partial charge >= 0.3 is 6.18 Å². The molecule has 1 heterocycles. The molecule has 0 amide bonds. The number of aliphatic hydroxyl groups is 1. The number of pyridine rings is 1. The minimum Gasteiger partial charge on any atom is -0.388 e. The van der Waals surface area contributed by atoms with Gasteiger partial charge < -0.3 is 5.11 Å². The smallest absolute Gasteiger partial charge is 0.388 e. The van der Waals surface area contributed by atoms with Crippen LogP contribution < -0.4 is 0 Å². The molecule has 2 nitrogen and oxygen atoms in total. The van der Waals surface area contributed by atoms with Gasteiger partial charge in [0, 0.05) is 6.20 Å². The van der Waals surface area contributed by atoms with Gasteiger partial charge in [-0.1, -0.05) is 6.07 Å². The number of alkyl halides is 3. The Kier molecular flexibility index (Phi) is 2.42. The fourth-order valence-electron chi connectivity index (χ4n) is 1.43. The summed E-state index contributed by atoms with van der Waals surface area (Å²) in [6, 6.07) is 2.19. The Balaban J connectivity index is 2.16. The van der Waals surface area contributed by atoms with Crippen molar-refractivity contribution in [2.75, 3.05) is 0 Å². The number of halogens is 3. The van der Waals surface area contributed by atoms with Crippen LogP contribution in [0.1, 0.15) is 30.2 Å². The highest BCUT2D eigenvalue weighted by molar-refractivity contribution is 5.19. The van der Waals surface area contributed by atoms with Crippen LogP contribution in [0.5, 0.6) is 0 Å². The lowest BCUT2D eigenvalue weighted by Crippen LogP contribution is -2.09. The number of aliphatic hydroxyl groups excluding tert-OH is 1. The maximum Gasteiger partial charge on any atom is 0.433 e. The van der Waals surface area contributed by atoms with E-state index in [1.54, 1.807) is 0 Å². The third kappa shape index (κ3) is 2.28. The Bertz CT molecular complexity index is 343. The number of hydrogen-bond acceptors (Lipinski definition) is 2. The molecule has 1 fully saturated rings. The lowest BCUT2D eigenvalue weighted by atomic mass is 10.1. The number of nitrogens with zero attached hydrogens (tertiary/aromatic N) is 1. The van der Waals surface area contributed by atoms with E-state index in [9.17, 15) is 18.3 Å². The molecule has 1 saturated carbocycles. The zero-order chi connectivity index (χ0) is 11.1. The van der Waals surface area contributed by atoms with Crippen molar-refractivity contribution >= 4 is 0 Å². The van der Waals surface area contributed by atoms with Crippen LogP contribution >= 0.6 is 0 Å². The molecule has 1 aliphatic carbocycles. The van der Waals surface area contributed by atoms with Gasteiger partial charge in [-0.15, -0.1) is 0 Å². The Morgan fingerprint density at radius 3 is 2.40 bits per heavy atom. The van der Waals surface area contributed by atoms with Gasteiger partial charge in [0.05, 0.1) is 6.10 Å². The van der Waals surface area contributed by atoms with Gasteiger partial charge in [-0.05, 0) is 30.4 Å². The van der Waals surface area contributed by atoms with Crippen LogP contribution in [0.15, 0.2) is 18.3 Å². The van der Waals surface area contributed by atoms with Crippen LogP contribution in [-0.2, 0) is 6.18 Å².